The normalized spacial score (nSPS) is 8.38. The minimum atomic E-state index is 0. The van der Waals surface area contributed by atoms with Crippen LogP contribution < -0.4 is 24.8 Å². The molecule has 0 atom stereocenters. The summed E-state index contributed by atoms with van der Waals surface area (Å²) < 4.78 is 0. The quantitative estimate of drug-likeness (QED) is 0.325. The molecule has 0 aliphatic rings. The van der Waals surface area contributed by atoms with E-state index in [0.717, 1.165) is 12.8 Å². The van der Waals surface area contributed by atoms with Crippen LogP contribution in [0.25, 0.3) is 10.8 Å². The summed E-state index contributed by atoms with van der Waals surface area (Å²) in [5, 5.41) is 2.66. The minimum Gasteiger partial charge on any atom is -1.00 e. The van der Waals surface area contributed by atoms with E-state index in [2.05, 4.69) is 73.3 Å². The van der Waals surface area contributed by atoms with Crippen molar-refractivity contribution in [3.05, 3.63) is 84.9 Å². The number of halogens is 2. The number of fused-ring (bicyclic) bond motifs is 1. The Labute approximate surface area is 154 Å². The average molecular weight is 353 g/mol. The zero-order valence-corrected chi connectivity index (χ0v) is 14.9. The average Bonchev–Trinajstić information content (AvgIpc) is 3.08. The summed E-state index contributed by atoms with van der Waals surface area (Å²) in [5.74, 6) is 0. The molecule has 0 spiro atoms. The summed E-state index contributed by atoms with van der Waals surface area (Å²) in [6.45, 7) is 3.66. The number of allylic oxidation sites excluding steroid dienone is 1. The molecule has 0 aromatic heterocycles. The third kappa shape index (κ3) is 7.69. The molecule has 0 aliphatic carbocycles. The molecule has 0 aliphatic heterocycles. The minimum absolute atomic E-state index is 0. The van der Waals surface area contributed by atoms with Crippen LogP contribution in [0.4, 0.5) is 0 Å². The van der Waals surface area contributed by atoms with E-state index in [-0.39, 0.29) is 46.5 Å². The predicted molar refractivity (Wildman–Crippen MR) is 80.1 cm³/mol. The van der Waals surface area contributed by atoms with Gasteiger partial charge in [0.15, 0.2) is 0 Å². The maximum atomic E-state index is 3.66. The van der Waals surface area contributed by atoms with Gasteiger partial charge in [-0.25, -0.2) is 12.1 Å². The third-order valence-corrected chi connectivity index (χ3v) is 2.92. The van der Waals surface area contributed by atoms with Gasteiger partial charge in [-0.3, -0.25) is 0 Å². The molecule has 0 radical (unpaired) electrons. The summed E-state index contributed by atoms with van der Waals surface area (Å²) in [5.41, 5.74) is 1.41. The Morgan fingerprint density at radius 3 is 2.29 bits per heavy atom. The van der Waals surface area contributed by atoms with Crippen molar-refractivity contribution in [3.8, 4) is 0 Å². The van der Waals surface area contributed by atoms with Gasteiger partial charge in [-0.05, 0) is 12.8 Å². The van der Waals surface area contributed by atoms with Crippen molar-refractivity contribution in [2.75, 3.05) is 0 Å². The van der Waals surface area contributed by atoms with Gasteiger partial charge in [0.05, 0.1) is 0 Å². The first-order chi connectivity index (χ1) is 8.90. The van der Waals surface area contributed by atoms with Crippen LogP contribution >= 0.6 is 0 Å². The van der Waals surface area contributed by atoms with Gasteiger partial charge in [-0.15, -0.1) is 36.2 Å². The maximum Gasteiger partial charge on any atom is 4.00 e. The third-order valence-electron chi connectivity index (χ3n) is 2.92. The van der Waals surface area contributed by atoms with Crippen LogP contribution in [-0.4, -0.2) is 0 Å². The van der Waals surface area contributed by atoms with E-state index >= 15 is 0 Å². The maximum absolute atomic E-state index is 3.66. The number of benzene rings is 1. The van der Waals surface area contributed by atoms with E-state index in [0.29, 0.717) is 0 Å². The molecule has 0 amide bonds. The van der Waals surface area contributed by atoms with Gasteiger partial charge in [-0.1, -0.05) is 12.1 Å². The van der Waals surface area contributed by atoms with Gasteiger partial charge in [0, 0.05) is 0 Å². The Morgan fingerprint density at radius 1 is 0.905 bits per heavy atom. The standard InChI is InChI=1S/C9H7.C9H11.2ClH.Ti/c1-2-5-9-7-3-6-8(9)4-1;1-2-3-6-9-7-4-5-8-9;;;/h1-7H;2,4-5,7-8H,1,3,6H2;2*1H;/q2*-1;;;+4/p-2. The van der Waals surface area contributed by atoms with Crippen LogP contribution in [-0.2, 0) is 28.1 Å². The van der Waals surface area contributed by atoms with Crippen molar-refractivity contribution in [1.29, 1.82) is 0 Å². The van der Waals surface area contributed by atoms with Gasteiger partial charge in [-0.2, -0.15) is 35.2 Å². The second-order valence-corrected chi connectivity index (χ2v) is 4.28. The van der Waals surface area contributed by atoms with E-state index in [1.807, 2.05) is 6.08 Å². The molecule has 21 heavy (non-hydrogen) atoms. The molecule has 0 saturated carbocycles. The van der Waals surface area contributed by atoms with E-state index in [1.54, 1.807) is 0 Å². The first-order valence-electron chi connectivity index (χ1n) is 6.32. The first-order valence-corrected chi connectivity index (χ1v) is 6.32. The molecule has 3 aromatic rings. The molecular weight excluding hydrogens is 335 g/mol. The van der Waals surface area contributed by atoms with Crippen molar-refractivity contribution < 1.29 is 46.5 Å². The summed E-state index contributed by atoms with van der Waals surface area (Å²) in [6.07, 6.45) is 4.17. The second-order valence-electron chi connectivity index (χ2n) is 4.28. The fourth-order valence-corrected chi connectivity index (χ4v) is 1.92. The summed E-state index contributed by atoms with van der Waals surface area (Å²) >= 11 is 0. The van der Waals surface area contributed by atoms with Crippen LogP contribution in [0.1, 0.15) is 12.0 Å². The van der Waals surface area contributed by atoms with Crippen molar-refractivity contribution in [2.24, 2.45) is 0 Å². The molecule has 0 bridgehead atoms. The van der Waals surface area contributed by atoms with Crippen LogP contribution in [0, 0.1) is 0 Å². The topological polar surface area (TPSA) is 0 Å². The molecule has 108 valence electrons. The predicted octanol–water partition coefficient (Wildman–Crippen LogP) is -0.912. The largest absolute Gasteiger partial charge is 4.00 e. The molecule has 0 saturated heterocycles. The first kappa shape index (κ1) is 22.5. The summed E-state index contributed by atoms with van der Waals surface area (Å²) in [4.78, 5) is 0. The van der Waals surface area contributed by atoms with Crippen molar-refractivity contribution >= 4 is 10.8 Å². The molecular formula is C18H18Cl2Ti. The Hall–Kier alpha value is -0.786. The fraction of sp³-hybridized carbons (Fsp3) is 0.111. The van der Waals surface area contributed by atoms with Gasteiger partial charge < -0.3 is 24.8 Å². The van der Waals surface area contributed by atoms with Gasteiger partial charge in [0.2, 0.25) is 0 Å². The number of aryl methyl sites for hydroxylation is 1. The molecule has 3 aromatic carbocycles. The van der Waals surface area contributed by atoms with E-state index in [4.69, 9.17) is 0 Å². The van der Waals surface area contributed by atoms with E-state index in [9.17, 15) is 0 Å². The second kappa shape index (κ2) is 12.9. The molecule has 0 unspecified atom stereocenters. The van der Waals surface area contributed by atoms with Crippen molar-refractivity contribution in [1.82, 2.24) is 0 Å². The van der Waals surface area contributed by atoms with Crippen LogP contribution in [0.5, 0.6) is 0 Å². The molecule has 0 heterocycles. The van der Waals surface area contributed by atoms with Crippen LogP contribution in [0.15, 0.2) is 79.4 Å². The summed E-state index contributed by atoms with van der Waals surface area (Å²) in [7, 11) is 0. The van der Waals surface area contributed by atoms with Gasteiger partial charge in [0.25, 0.3) is 0 Å². The molecule has 3 rings (SSSR count). The molecule has 0 fully saturated rings. The monoisotopic (exact) mass is 352 g/mol. The van der Waals surface area contributed by atoms with E-state index in [1.165, 1.54) is 16.3 Å². The SMILES string of the molecule is C=CCCc1ccc[cH-]1.[Cl-].[Cl-].[Ti+4].c1ccc2[cH-]ccc2c1. The summed E-state index contributed by atoms with van der Waals surface area (Å²) in [6, 6.07) is 23.1. The zero-order valence-electron chi connectivity index (χ0n) is 11.8. The van der Waals surface area contributed by atoms with Gasteiger partial charge >= 0.3 is 21.7 Å². The van der Waals surface area contributed by atoms with E-state index < -0.39 is 0 Å². The Balaban J connectivity index is 0. The van der Waals surface area contributed by atoms with Crippen molar-refractivity contribution in [2.45, 2.75) is 12.8 Å². The smallest absolute Gasteiger partial charge is 1.00 e. The Morgan fingerprint density at radius 2 is 1.67 bits per heavy atom. The molecule has 3 heteroatoms. The van der Waals surface area contributed by atoms with Crippen LogP contribution in [0.2, 0.25) is 0 Å². The molecule has 0 nitrogen and oxygen atoms in total. The molecule has 0 N–H and O–H groups in total. The van der Waals surface area contributed by atoms with Crippen LogP contribution in [0.3, 0.4) is 0 Å². The zero-order chi connectivity index (χ0) is 12.6. The van der Waals surface area contributed by atoms with Gasteiger partial charge in [0.1, 0.15) is 0 Å². The Kier molecular flexibility index (Phi) is 13.8. The fourth-order valence-electron chi connectivity index (χ4n) is 1.92. The van der Waals surface area contributed by atoms with Crippen molar-refractivity contribution in [3.63, 3.8) is 0 Å². The number of hydrogen-bond acceptors (Lipinski definition) is 0. The Bertz CT molecular complexity index is 552. The number of hydrogen-bond donors (Lipinski definition) is 0. The number of rotatable bonds is 3.